The van der Waals surface area contributed by atoms with Gasteiger partial charge >= 0.3 is 0 Å². The van der Waals surface area contributed by atoms with Crippen LogP contribution in [-0.2, 0) is 0 Å². The molecule has 1 aliphatic heterocycles. The van der Waals surface area contributed by atoms with E-state index >= 15 is 0 Å². The molecule has 1 unspecified atom stereocenters. The van der Waals surface area contributed by atoms with Gasteiger partial charge in [0, 0.05) is 11.3 Å². The monoisotopic (exact) mass is 302 g/mol. The summed E-state index contributed by atoms with van der Waals surface area (Å²) in [5.74, 6) is 1.46. The van der Waals surface area contributed by atoms with Gasteiger partial charge in [-0.2, -0.15) is 0 Å². The molecular formula is C17H18O3S. The van der Waals surface area contributed by atoms with Crippen LogP contribution in [0, 0.1) is 0 Å². The van der Waals surface area contributed by atoms with Crippen LogP contribution in [0.25, 0.3) is 0 Å². The standard InChI is InChI=1S/C17H18O3S/c1-21-14-6-3-12(4-7-14)17(18)13-5-8-15-16(11-13)20-10-2-9-19-15/h3-8,11,17-18H,2,9-10H2,1H3. The van der Waals surface area contributed by atoms with Crippen molar-refractivity contribution >= 4 is 11.8 Å². The summed E-state index contributed by atoms with van der Waals surface area (Å²) in [6.07, 6.45) is 2.26. The van der Waals surface area contributed by atoms with Gasteiger partial charge in [-0.15, -0.1) is 11.8 Å². The van der Waals surface area contributed by atoms with Gasteiger partial charge in [0.2, 0.25) is 0 Å². The van der Waals surface area contributed by atoms with E-state index in [-0.39, 0.29) is 0 Å². The summed E-state index contributed by atoms with van der Waals surface area (Å²) >= 11 is 1.69. The summed E-state index contributed by atoms with van der Waals surface area (Å²) in [6.45, 7) is 1.32. The van der Waals surface area contributed by atoms with Gasteiger partial charge in [-0.05, 0) is 41.6 Å². The molecular weight excluding hydrogens is 284 g/mol. The van der Waals surface area contributed by atoms with Crippen molar-refractivity contribution in [3.63, 3.8) is 0 Å². The third-order valence-electron chi connectivity index (χ3n) is 3.52. The molecule has 1 atom stereocenters. The Bertz CT molecular complexity index is 610. The second kappa shape index (κ2) is 6.41. The molecule has 1 N–H and O–H groups in total. The molecule has 0 saturated heterocycles. The molecule has 3 nitrogen and oxygen atoms in total. The summed E-state index contributed by atoms with van der Waals surface area (Å²) in [7, 11) is 0. The molecule has 21 heavy (non-hydrogen) atoms. The van der Waals surface area contributed by atoms with E-state index in [0.717, 1.165) is 23.3 Å². The highest BCUT2D eigenvalue weighted by atomic mass is 32.2. The molecule has 0 saturated carbocycles. The van der Waals surface area contributed by atoms with Crippen LogP contribution in [0.5, 0.6) is 11.5 Å². The Morgan fingerprint density at radius 3 is 2.33 bits per heavy atom. The number of benzene rings is 2. The lowest BCUT2D eigenvalue weighted by Crippen LogP contribution is -2.01. The molecule has 0 fully saturated rings. The number of thioether (sulfide) groups is 1. The first-order valence-corrected chi connectivity index (χ1v) is 8.22. The zero-order valence-electron chi connectivity index (χ0n) is 11.9. The molecule has 3 rings (SSSR count). The van der Waals surface area contributed by atoms with Gasteiger partial charge in [0.15, 0.2) is 11.5 Å². The largest absolute Gasteiger partial charge is 0.490 e. The van der Waals surface area contributed by atoms with Gasteiger partial charge in [-0.1, -0.05) is 18.2 Å². The normalized spacial score (nSPS) is 15.3. The van der Waals surface area contributed by atoms with Crippen molar-refractivity contribution in [1.82, 2.24) is 0 Å². The van der Waals surface area contributed by atoms with Gasteiger partial charge in [0.25, 0.3) is 0 Å². The lowest BCUT2D eigenvalue weighted by molar-refractivity contribution is 0.219. The maximum atomic E-state index is 10.5. The van der Waals surface area contributed by atoms with Gasteiger partial charge in [-0.3, -0.25) is 0 Å². The minimum atomic E-state index is -0.655. The Balaban J connectivity index is 1.86. The second-order valence-electron chi connectivity index (χ2n) is 4.93. The van der Waals surface area contributed by atoms with E-state index in [9.17, 15) is 5.11 Å². The minimum absolute atomic E-state index is 0.648. The smallest absolute Gasteiger partial charge is 0.161 e. The van der Waals surface area contributed by atoms with Crippen LogP contribution in [0.15, 0.2) is 47.4 Å². The highest BCUT2D eigenvalue weighted by molar-refractivity contribution is 7.98. The Kier molecular flexibility index (Phi) is 4.36. The van der Waals surface area contributed by atoms with Crippen molar-refractivity contribution in [2.45, 2.75) is 17.4 Å². The quantitative estimate of drug-likeness (QED) is 0.878. The van der Waals surface area contributed by atoms with E-state index in [1.807, 2.05) is 48.7 Å². The summed E-state index contributed by atoms with van der Waals surface area (Å²) < 4.78 is 11.3. The molecule has 2 aromatic rings. The number of rotatable bonds is 3. The van der Waals surface area contributed by atoms with Gasteiger partial charge in [0.05, 0.1) is 13.2 Å². The molecule has 1 aliphatic rings. The molecule has 0 aliphatic carbocycles. The lowest BCUT2D eigenvalue weighted by atomic mass is 10.0. The summed E-state index contributed by atoms with van der Waals surface area (Å²) in [5.41, 5.74) is 1.69. The number of fused-ring (bicyclic) bond motifs is 1. The first-order chi connectivity index (χ1) is 10.3. The fourth-order valence-electron chi connectivity index (χ4n) is 2.33. The van der Waals surface area contributed by atoms with Crippen molar-refractivity contribution in [3.05, 3.63) is 53.6 Å². The van der Waals surface area contributed by atoms with Gasteiger partial charge in [-0.25, -0.2) is 0 Å². The van der Waals surface area contributed by atoms with E-state index in [1.54, 1.807) is 11.8 Å². The molecule has 2 aromatic carbocycles. The van der Waals surface area contributed by atoms with E-state index in [1.165, 1.54) is 4.90 Å². The molecule has 0 amide bonds. The van der Waals surface area contributed by atoms with Crippen LogP contribution >= 0.6 is 11.8 Å². The minimum Gasteiger partial charge on any atom is -0.490 e. The highest BCUT2D eigenvalue weighted by Gasteiger charge is 2.16. The number of aliphatic hydroxyl groups is 1. The molecule has 4 heteroatoms. The summed E-state index contributed by atoms with van der Waals surface area (Å²) in [4.78, 5) is 1.18. The average Bonchev–Trinajstić information content (AvgIpc) is 2.79. The molecule has 0 bridgehead atoms. The first-order valence-electron chi connectivity index (χ1n) is 6.99. The number of hydrogen-bond donors (Lipinski definition) is 1. The van der Waals surface area contributed by atoms with Crippen LogP contribution in [0.2, 0.25) is 0 Å². The topological polar surface area (TPSA) is 38.7 Å². The predicted octanol–water partition coefficient (Wildman–Crippen LogP) is 3.65. The number of ether oxygens (including phenoxy) is 2. The van der Waals surface area contributed by atoms with Crippen LogP contribution in [0.4, 0.5) is 0 Å². The number of aliphatic hydroxyl groups excluding tert-OH is 1. The van der Waals surface area contributed by atoms with Crippen molar-refractivity contribution in [2.24, 2.45) is 0 Å². The molecule has 110 valence electrons. The van der Waals surface area contributed by atoms with Crippen molar-refractivity contribution < 1.29 is 14.6 Å². The van der Waals surface area contributed by atoms with Crippen molar-refractivity contribution in [1.29, 1.82) is 0 Å². The zero-order valence-corrected chi connectivity index (χ0v) is 12.7. The Morgan fingerprint density at radius 2 is 1.62 bits per heavy atom. The Morgan fingerprint density at radius 1 is 0.952 bits per heavy atom. The first kappa shape index (κ1) is 14.3. The maximum absolute atomic E-state index is 10.5. The third kappa shape index (κ3) is 3.17. The fraction of sp³-hybridized carbons (Fsp3) is 0.294. The van der Waals surface area contributed by atoms with E-state index in [2.05, 4.69) is 0 Å². The SMILES string of the molecule is CSc1ccc(C(O)c2ccc3c(c2)OCCCO3)cc1. The zero-order chi connectivity index (χ0) is 14.7. The second-order valence-corrected chi connectivity index (χ2v) is 5.81. The Labute approximate surface area is 128 Å². The summed E-state index contributed by atoms with van der Waals surface area (Å²) in [6, 6.07) is 13.6. The van der Waals surface area contributed by atoms with E-state index < -0.39 is 6.10 Å². The molecule has 0 spiro atoms. The van der Waals surface area contributed by atoms with Crippen molar-refractivity contribution in [2.75, 3.05) is 19.5 Å². The molecule has 0 aromatic heterocycles. The fourth-order valence-corrected chi connectivity index (χ4v) is 2.74. The number of hydrogen-bond acceptors (Lipinski definition) is 4. The third-order valence-corrected chi connectivity index (χ3v) is 4.26. The van der Waals surface area contributed by atoms with Crippen LogP contribution in [0.1, 0.15) is 23.7 Å². The molecule has 0 radical (unpaired) electrons. The average molecular weight is 302 g/mol. The van der Waals surface area contributed by atoms with Crippen LogP contribution in [0.3, 0.4) is 0 Å². The van der Waals surface area contributed by atoms with Gasteiger partial charge < -0.3 is 14.6 Å². The van der Waals surface area contributed by atoms with Crippen LogP contribution in [-0.4, -0.2) is 24.6 Å². The van der Waals surface area contributed by atoms with Crippen molar-refractivity contribution in [3.8, 4) is 11.5 Å². The highest BCUT2D eigenvalue weighted by Crippen LogP contribution is 2.34. The van der Waals surface area contributed by atoms with Gasteiger partial charge in [0.1, 0.15) is 6.10 Å². The van der Waals surface area contributed by atoms with E-state index in [0.29, 0.717) is 19.0 Å². The summed E-state index contributed by atoms with van der Waals surface area (Å²) in [5, 5.41) is 10.5. The van der Waals surface area contributed by atoms with E-state index in [4.69, 9.17) is 9.47 Å². The Hall–Kier alpha value is -1.65. The predicted molar refractivity (Wildman–Crippen MR) is 84.3 cm³/mol. The van der Waals surface area contributed by atoms with Crippen LogP contribution < -0.4 is 9.47 Å². The lowest BCUT2D eigenvalue weighted by Gasteiger charge is -2.14. The maximum Gasteiger partial charge on any atom is 0.161 e. The molecule has 1 heterocycles.